The highest BCUT2D eigenvalue weighted by molar-refractivity contribution is 5.96. The van der Waals surface area contributed by atoms with Crippen LogP contribution in [-0.4, -0.2) is 22.5 Å². The highest BCUT2D eigenvalue weighted by atomic mass is 19.1. The molecule has 1 aromatic rings. The Bertz CT molecular complexity index is 509. The maximum Gasteiger partial charge on any atom is 0.305 e. The van der Waals surface area contributed by atoms with E-state index in [1.54, 1.807) is 6.92 Å². The monoisotopic (exact) mass is 251 g/mol. The zero-order valence-electron chi connectivity index (χ0n) is 10.00. The summed E-state index contributed by atoms with van der Waals surface area (Å²) in [4.78, 5) is 22.7. The predicted molar refractivity (Wildman–Crippen MR) is 62.8 cm³/mol. The normalized spacial score (nSPS) is 16.1. The van der Waals surface area contributed by atoms with E-state index in [0.29, 0.717) is 24.0 Å². The van der Waals surface area contributed by atoms with E-state index in [9.17, 15) is 14.0 Å². The van der Waals surface area contributed by atoms with Gasteiger partial charge in [-0.15, -0.1) is 0 Å². The first kappa shape index (κ1) is 12.5. The molecule has 0 radical (unpaired) electrons. The Labute approximate surface area is 104 Å². The first-order valence-electron chi connectivity index (χ1n) is 5.72. The quantitative estimate of drug-likeness (QED) is 0.858. The molecule has 0 bridgehead atoms. The second-order valence-electron chi connectivity index (χ2n) is 4.76. The van der Waals surface area contributed by atoms with Gasteiger partial charge in [-0.05, 0) is 43.5 Å². The molecular weight excluding hydrogens is 237 g/mol. The summed E-state index contributed by atoms with van der Waals surface area (Å²) in [6.45, 7) is 1.65. The molecule has 1 aliphatic carbocycles. The number of halogens is 1. The summed E-state index contributed by atoms with van der Waals surface area (Å²) >= 11 is 0. The van der Waals surface area contributed by atoms with Crippen molar-refractivity contribution in [1.29, 1.82) is 0 Å². The topological polar surface area (TPSA) is 66.4 Å². The molecule has 2 rings (SSSR count). The highest BCUT2D eigenvalue weighted by Crippen LogP contribution is 2.39. The predicted octanol–water partition coefficient (Wildman–Crippen LogP) is 1.87. The van der Waals surface area contributed by atoms with Gasteiger partial charge in [0.2, 0.25) is 0 Å². The van der Waals surface area contributed by atoms with Gasteiger partial charge in [0.15, 0.2) is 0 Å². The van der Waals surface area contributed by atoms with Crippen molar-refractivity contribution in [3.63, 3.8) is 0 Å². The average Bonchev–Trinajstić information content (AvgIpc) is 2.95. The third-order valence-electron chi connectivity index (χ3n) is 3.15. The molecule has 1 fully saturated rings. The minimum Gasteiger partial charge on any atom is -0.481 e. The van der Waals surface area contributed by atoms with Gasteiger partial charge in [-0.2, -0.15) is 0 Å². The summed E-state index contributed by atoms with van der Waals surface area (Å²) in [6.07, 6.45) is 1.27. The second-order valence-corrected chi connectivity index (χ2v) is 4.76. The van der Waals surface area contributed by atoms with E-state index < -0.39 is 17.3 Å². The number of carboxylic acid groups (broad SMARTS) is 1. The van der Waals surface area contributed by atoms with Crippen molar-refractivity contribution in [2.75, 3.05) is 0 Å². The van der Waals surface area contributed by atoms with Crippen LogP contribution in [-0.2, 0) is 4.79 Å². The van der Waals surface area contributed by atoms with Gasteiger partial charge in [-0.1, -0.05) is 0 Å². The highest BCUT2D eigenvalue weighted by Gasteiger charge is 2.46. The summed E-state index contributed by atoms with van der Waals surface area (Å²) in [7, 11) is 0. The third kappa shape index (κ3) is 2.67. The van der Waals surface area contributed by atoms with Crippen molar-refractivity contribution < 1.29 is 19.1 Å². The molecule has 0 heterocycles. The van der Waals surface area contributed by atoms with Crippen LogP contribution < -0.4 is 5.32 Å². The molecule has 2 N–H and O–H groups in total. The van der Waals surface area contributed by atoms with Crippen LogP contribution in [0.2, 0.25) is 0 Å². The molecule has 4 nitrogen and oxygen atoms in total. The molecule has 0 spiro atoms. The van der Waals surface area contributed by atoms with E-state index in [1.807, 2.05) is 0 Å². The Morgan fingerprint density at radius 1 is 1.44 bits per heavy atom. The Hall–Kier alpha value is -1.91. The number of benzene rings is 1. The van der Waals surface area contributed by atoms with Gasteiger partial charge in [0, 0.05) is 5.56 Å². The smallest absolute Gasteiger partial charge is 0.305 e. The molecule has 1 aliphatic rings. The fraction of sp³-hybridized carbons (Fsp3) is 0.385. The van der Waals surface area contributed by atoms with Crippen LogP contribution in [0.15, 0.2) is 18.2 Å². The molecule has 5 heteroatoms. The molecular formula is C13H14FNO3. The van der Waals surface area contributed by atoms with Crippen molar-refractivity contribution in [3.8, 4) is 0 Å². The largest absolute Gasteiger partial charge is 0.481 e. The maximum atomic E-state index is 12.9. The van der Waals surface area contributed by atoms with Crippen molar-refractivity contribution in [3.05, 3.63) is 35.1 Å². The molecule has 0 aliphatic heterocycles. The minimum absolute atomic E-state index is 0.0705. The van der Waals surface area contributed by atoms with E-state index in [1.165, 1.54) is 18.2 Å². The fourth-order valence-corrected chi connectivity index (χ4v) is 1.98. The summed E-state index contributed by atoms with van der Waals surface area (Å²) in [5.74, 6) is -1.66. The van der Waals surface area contributed by atoms with Gasteiger partial charge in [0.1, 0.15) is 5.82 Å². The number of amides is 1. The number of aryl methyl sites for hydroxylation is 1. The molecule has 0 unspecified atom stereocenters. The average molecular weight is 251 g/mol. The van der Waals surface area contributed by atoms with Crippen molar-refractivity contribution in [1.82, 2.24) is 5.32 Å². The van der Waals surface area contributed by atoms with Crippen LogP contribution in [0, 0.1) is 12.7 Å². The zero-order chi connectivity index (χ0) is 13.3. The molecule has 96 valence electrons. The molecule has 1 saturated carbocycles. The van der Waals surface area contributed by atoms with Crippen LogP contribution in [0.25, 0.3) is 0 Å². The van der Waals surface area contributed by atoms with Crippen LogP contribution in [0.3, 0.4) is 0 Å². The van der Waals surface area contributed by atoms with Crippen molar-refractivity contribution in [2.45, 2.75) is 31.7 Å². The summed E-state index contributed by atoms with van der Waals surface area (Å²) < 4.78 is 12.9. The molecule has 0 atom stereocenters. The third-order valence-corrected chi connectivity index (χ3v) is 3.15. The van der Waals surface area contributed by atoms with Crippen molar-refractivity contribution in [2.24, 2.45) is 0 Å². The van der Waals surface area contributed by atoms with Crippen LogP contribution in [0.1, 0.15) is 35.2 Å². The number of rotatable bonds is 4. The van der Waals surface area contributed by atoms with Gasteiger partial charge in [-0.25, -0.2) is 4.39 Å². The van der Waals surface area contributed by atoms with E-state index >= 15 is 0 Å². The molecule has 0 saturated heterocycles. The minimum atomic E-state index is -0.927. The number of carboxylic acids is 1. The van der Waals surface area contributed by atoms with E-state index in [-0.39, 0.29) is 12.3 Å². The number of hydrogen-bond donors (Lipinski definition) is 2. The first-order chi connectivity index (χ1) is 8.42. The van der Waals surface area contributed by atoms with Gasteiger partial charge < -0.3 is 10.4 Å². The van der Waals surface area contributed by atoms with E-state index in [0.717, 1.165) is 0 Å². The Balaban J connectivity index is 2.10. The van der Waals surface area contributed by atoms with Crippen molar-refractivity contribution >= 4 is 11.9 Å². The summed E-state index contributed by atoms with van der Waals surface area (Å²) in [5.41, 5.74) is 0.315. The summed E-state index contributed by atoms with van der Waals surface area (Å²) in [6, 6.07) is 3.92. The van der Waals surface area contributed by atoms with Crippen LogP contribution >= 0.6 is 0 Å². The van der Waals surface area contributed by atoms with E-state index in [2.05, 4.69) is 5.32 Å². The fourth-order valence-electron chi connectivity index (χ4n) is 1.98. The van der Waals surface area contributed by atoms with Crippen LogP contribution in [0.5, 0.6) is 0 Å². The van der Waals surface area contributed by atoms with E-state index in [4.69, 9.17) is 5.11 Å². The van der Waals surface area contributed by atoms with Gasteiger partial charge in [0.05, 0.1) is 12.0 Å². The Morgan fingerprint density at radius 2 is 2.11 bits per heavy atom. The zero-order valence-corrected chi connectivity index (χ0v) is 10.00. The molecule has 0 aromatic heterocycles. The van der Waals surface area contributed by atoms with Gasteiger partial charge in [0.25, 0.3) is 5.91 Å². The lowest BCUT2D eigenvalue weighted by Gasteiger charge is -2.16. The lowest BCUT2D eigenvalue weighted by atomic mass is 10.1. The number of carbonyl (C=O) groups is 2. The number of hydrogen-bond acceptors (Lipinski definition) is 2. The van der Waals surface area contributed by atoms with Gasteiger partial charge in [-0.3, -0.25) is 9.59 Å². The lowest BCUT2D eigenvalue weighted by molar-refractivity contribution is -0.137. The Morgan fingerprint density at radius 3 is 2.61 bits per heavy atom. The molecule has 18 heavy (non-hydrogen) atoms. The number of carbonyl (C=O) groups excluding carboxylic acids is 1. The first-order valence-corrected chi connectivity index (χ1v) is 5.72. The van der Waals surface area contributed by atoms with Crippen LogP contribution in [0.4, 0.5) is 4.39 Å². The Kier molecular flexibility index (Phi) is 3.07. The van der Waals surface area contributed by atoms with Gasteiger partial charge >= 0.3 is 5.97 Å². The summed E-state index contributed by atoms with van der Waals surface area (Å²) in [5, 5.41) is 11.5. The maximum absolute atomic E-state index is 12.9. The number of aliphatic carboxylic acids is 1. The molecule has 1 amide bonds. The molecule has 1 aromatic carbocycles. The second kappa shape index (κ2) is 4.40. The number of nitrogens with one attached hydrogen (secondary N) is 1. The standard InChI is InChI=1S/C13H14FNO3/c1-8-6-9(14)2-3-10(8)12(18)15-13(4-5-13)7-11(16)17/h2-3,6H,4-5,7H2,1H3,(H,15,18)(H,16,17). The lowest BCUT2D eigenvalue weighted by Crippen LogP contribution is -2.38. The SMILES string of the molecule is Cc1cc(F)ccc1C(=O)NC1(CC(=O)O)CC1.